The minimum Gasteiger partial charge on any atom is -0.458 e. The van der Waals surface area contributed by atoms with E-state index in [-0.39, 0.29) is 6.61 Å². The van der Waals surface area contributed by atoms with Gasteiger partial charge in [-0.25, -0.2) is 4.79 Å². The summed E-state index contributed by atoms with van der Waals surface area (Å²) in [6.07, 6.45) is 0. The molecule has 3 nitrogen and oxygen atoms in total. The molecule has 1 aliphatic heterocycles. The van der Waals surface area contributed by atoms with Crippen molar-refractivity contribution in [3.05, 3.63) is 89.5 Å². The molecule has 3 heteroatoms. The van der Waals surface area contributed by atoms with Crippen LogP contribution in [0.5, 0.6) is 0 Å². The predicted molar refractivity (Wildman–Crippen MR) is 97.8 cm³/mol. The van der Waals surface area contributed by atoms with E-state index in [1.807, 2.05) is 79.7 Å². The molecule has 1 aliphatic rings. The van der Waals surface area contributed by atoms with E-state index in [2.05, 4.69) is 0 Å². The fraction of sp³-hybridized carbons (Fsp3) is 0.136. The van der Waals surface area contributed by atoms with Gasteiger partial charge in [0.15, 0.2) is 5.60 Å². The van der Waals surface area contributed by atoms with Gasteiger partial charge in [0.2, 0.25) is 0 Å². The van der Waals surface area contributed by atoms with E-state index in [1.54, 1.807) is 0 Å². The molecule has 0 radical (unpaired) electrons. The van der Waals surface area contributed by atoms with Crippen LogP contribution in [-0.2, 0) is 15.1 Å². The number of ether oxygens (including phenoxy) is 1. The van der Waals surface area contributed by atoms with Crippen molar-refractivity contribution in [2.45, 2.75) is 12.5 Å². The molecule has 1 saturated heterocycles. The van der Waals surface area contributed by atoms with E-state index in [1.165, 1.54) is 0 Å². The Morgan fingerprint density at radius 1 is 0.960 bits per heavy atom. The highest BCUT2D eigenvalue weighted by molar-refractivity contribution is 6.02. The van der Waals surface area contributed by atoms with Gasteiger partial charge in [0.25, 0.3) is 0 Å². The molecule has 1 heterocycles. The van der Waals surface area contributed by atoms with Gasteiger partial charge < -0.3 is 9.84 Å². The monoisotopic (exact) mass is 330 g/mol. The molecular weight excluding hydrogens is 312 g/mol. The zero-order valence-corrected chi connectivity index (χ0v) is 13.9. The van der Waals surface area contributed by atoms with Gasteiger partial charge in [-0.15, -0.1) is 0 Å². The number of benzene rings is 3. The van der Waals surface area contributed by atoms with Crippen LogP contribution in [0.4, 0.5) is 0 Å². The Labute approximate surface area is 146 Å². The molecule has 0 spiro atoms. The minimum atomic E-state index is -1.42. The van der Waals surface area contributed by atoms with Crippen molar-refractivity contribution in [3.63, 3.8) is 0 Å². The highest BCUT2D eigenvalue weighted by atomic mass is 16.6. The average Bonchev–Trinajstić information content (AvgIpc) is 2.97. The lowest BCUT2D eigenvalue weighted by Gasteiger charge is -2.23. The molecule has 0 amide bonds. The van der Waals surface area contributed by atoms with Gasteiger partial charge in [-0.05, 0) is 40.5 Å². The van der Waals surface area contributed by atoms with Crippen molar-refractivity contribution in [1.82, 2.24) is 0 Å². The van der Waals surface area contributed by atoms with E-state index in [9.17, 15) is 9.90 Å². The predicted octanol–water partition coefficient (Wildman–Crippen LogP) is 4.06. The number of carbonyl (C=O) groups is 1. The summed E-state index contributed by atoms with van der Waals surface area (Å²) >= 11 is 0. The highest BCUT2D eigenvalue weighted by Crippen LogP contribution is 2.40. The molecule has 124 valence electrons. The first-order valence-electron chi connectivity index (χ1n) is 8.25. The van der Waals surface area contributed by atoms with Crippen LogP contribution in [-0.4, -0.2) is 17.7 Å². The standard InChI is InChI=1S/C22H18O3/c1-15(17-12-11-16-7-5-6-8-18(16)13-17)20-21(23)25-14-22(20,24)19-9-3-2-4-10-19/h2-13,24H,14H2,1H3/b20-15-. The molecule has 0 bridgehead atoms. The summed E-state index contributed by atoms with van der Waals surface area (Å²) in [7, 11) is 0. The summed E-state index contributed by atoms with van der Waals surface area (Å²) < 4.78 is 5.22. The SMILES string of the molecule is C/C(=C1\C(=O)OCC1(O)c1ccccc1)c1ccc2ccccc2c1. The fourth-order valence-electron chi connectivity index (χ4n) is 3.45. The number of fused-ring (bicyclic) bond motifs is 1. The van der Waals surface area contributed by atoms with Crippen LogP contribution in [0.1, 0.15) is 18.1 Å². The molecule has 1 fully saturated rings. The van der Waals surface area contributed by atoms with Crippen molar-refractivity contribution < 1.29 is 14.6 Å². The third-order valence-corrected chi connectivity index (χ3v) is 4.84. The lowest BCUT2D eigenvalue weighted by atomic mass is 9.84. The van der Waals surface area contributed by atoms with E-state index in [0.29, 0.717) is 11.1 Å². The molecular formula is C22H18O3. The van der Waals surface area contributed by atoms with Crippen molar-refractivity contribution in [2.24, 2.45) is 0 Å². The van der Waals surface area contributed by atoms with Gasteiger partial charge in [-0.2, -0.15) is 0 Å². The van der Waals surface area contributed by atoms with Crippen molar-refractivity contribution in [2.75, 3.05) is 6.61 Å². The molecule has 0 saturated carbocycles. The lowest BCUT2D eigenvalue weighted by Crippen LogP contribution is -2.29. The smallest absolute Gasteiger partial charge is 0.337 e. The number of cyclic esters (lactones) is 1. The summed E-state index contributed by atoms with van der Waals surface area (Å²) in [6.45, 7) is 1.80. The maximum Gasteiger partial charge on any atom is 0.337 e. The Morgan fingerprint density at radius 2 is 1.64 bits per heavy atom. The van der Waals surface area contributed by atoms with Crippen LogP contribution in [0, 0.1) is 0 Å². The van der Waals surface area contributed by atoms with Crippen LogP contribution in [0.2, 0.25) is 0 Å². The molecule has 4 rings (SSSR count). The van der Waals surface area contributed by atoms with Gasteiger partial charge in [0.1, 0.15) is 6.61 Å². The number of hydrogen-bond donors (Lipinski definition) is 1. The Balaban J connectivity index is 1.89. The second-order valence-corrected chi connectivity index (χ2v) is 6.36. The fourth-order valence-corrected chi connectivity index (χ4v) is 3.45. The van der Waals surface area contributed by atoms with Crippen LogP contribution in [0.3, 0.4) is 0 Å². The van der Waals surface area contributed by atoms with Gasteiger partial charge in [-0.3, -0.25) is 0 Å². The van der Waals surface area contributed by atoms with Crippen LogP contribution >= 0.6 is 0 Å². The van der Waals surface area contributed by atoms with Gasteiger partial charge in [-0.1, -0.05) is 66.7 Å². The van der Waals surface area contributed by atoms with E-state index in [0.717, 1.165) is 21.9 Å². The van der Waals surface area contributed by atoms with Crippen LogP contribution < -0.4 is 0 Å². The number of aliphatic hydroxyl groups is 1. The van der Waals surface area contributed by atoms with Gasteiger partial charge in [0, 0.05) is 0 Å². The second-order valence-electron chi connectivity index (χ2n) is 6.36. The maximum absolute atomic E-state index is 12.4. The molecule has 0 aromatic heterocycles. The molecule has 1 atom stereocenters. The summed E-state index contributed by atoms with van der Waals surface area (Å²) in [4.78, 5) is 12.4. The largest absolute Gasteiger partial charge is 0.458 e. The summed E-state index contributed by atoms with van der Waals surface area (Å²) in [5, 5.41) is 13.5. The molecule has 3 aromatic carbocycles. The Kier molecular flexibility index (Phi) is 3.66. The molecule has 1 N–H and O–H groups in total. The number of esters is 1. The number of hydrogen-bond acceptors (Lipinski definition) is 3. The summed E-state index contributed by atoms with van der Waals surface area (Å²) in [5.41, 5.74) is 1.19. The summed E-state index contributed by atoms with van der Waals surface area (Å²) in [5.74, 6) is -0.461. The van der Waals surface area contributed by atoms with Crippen molar-refractivity contribution >= 4 is 22.3 Å². The molecule has 3 aromatic rings. The van der Waals surface area contributed by atoms with Gasteiger partial charge in [0.05, 0.1) is 5.57 Å². The Hall–Kier alpha value is -2.91. The summed E-state index contributed by atoms with van der Waals surface area (Å²) in [6, 6.07) is 23.3. The Bertz CT molecular complexity index is 988. The second kappa shape index (κ2) is 5.87. The van der Waals surface area contributed by atoms with Crippen molar-refractivity contribution in [1.29, 1.82) is 0 Å². The third kappa shape index (κ3) is 2.53. The van der Waals surface area contributed by atoms with E-state index < -0.39 is 11.6 Å². The number of rotatable bonds is 2. The van der Waals surface area contributed by atoms with E-state index in [4.69, 9.17) is 4.74 Å². The first kappa shape index (κ1) is 15.6. The van der Waals surface area contributed by atoms with Crippen LogP contribution in [0.15, 0.2) is 78.4 Å². The molecule has 0 aliphatic carbocycles. The van der Waals surface area contributed by atoms with Crippen molar-refractivity contribution in [3.8, 4) is 0 Å². The highest BCUT2D eigenvalue weighted by Gasteiger charge is 2.46. The molecule has 1 unspecified atom stereocenters. The first-order valence-corrected chi connectivity index (χ1v) is 8.25. The van der Waals surface area contributed by atoms with E-state index >= 15 is 0 Å². The third-order valence-electron chi connectivity index (χ3n) is 4.84. The zero-order chi connectivity index (χ0) is 17.4. The number of carbonyl (C=O) groups excluding carboxylic acids is 1. The quantitative estimate of drug-likeness (QED) is 0.569. The zero-order valence-electron chi connectivity index (χ0n) is 13.9. The van der Waals surface area contributed by atoms with Crippen LogP contribution in [0.25, 0.3) is 16.3 Å². The molecule has 25 heavy (non-hydrogen) atoms. The topological polar surface area (TPSA) is 46.5 Å². The van der Waals surface area contributed by atoms with Gasteiger partial charge >= 0.3 is 5.97 Å². The Morgan fingerprint density at radius 3 is 2.40 bits per heavy atom. The minimum absolute atomic E-state index is 0.0594. The number of allylic oxidation sites excluding steroid dienone is 1. The average molecular weight is 330 g/mol. The maximum atomic E-state index is 12.4. The first-order chi connectivity index (χ1) is 12.1. The normalized spacial score (nSPS) is 22.1. The lowest BCUT2D eigenvalue weighted by molar-refractivity contribution is -0.135.